The van der Waals surface area contributed by atoms with Crippen molar-refractivity contribution in [2.24, 2.45) is 0 Å². The molecule has 0 saturated heterocycles. The molecule has 0 amide bonds. The number of carbonyl (C=O) groups excluding carboxylic acids is 1. The summed E-state index contributed by atoms with van der Waals surface area (Å²) in [6.07, 6.45) is 0. The van der Waals surface area contributed by atoms with Gasteiger partial charge in [0, 0.05) is 6.92 Å². The Morgan fingerprint density at radius 3 is 2.82 bits per heavy atom. The van der Waals surface area contributed by atoms with Gasteiger partial charge in [-0.25, -0.2) is 0 Å². The molecule has 0 aliphatic carbocycles. The fourth-order valence-electron chi connectivity index (χ4n) is 0.528. The third-order valence-corrected chi connectivity index (χ3v) is 1.71. The third kappa shape index (κ3) is 1.70. The number of esters is 1. The zero-order valence-electron chi connectivity index (χ0n) is 5.72. The topological polar surface area (TPSA) is 81.0 Å². The molecule has 0 aliphatic rings. The molecule has 6 heteroatoms. The maximum absolute atomic E-state index is 10.4. The van der Waals surface area contributed by atoms with Crippen molar-refractivity contribution in [3.8, 4) is 5.88 Å². The van der Waals surface area contributed by atoms with Crippen LogP contribution in [0.4, 0.5) is 5.82 Å². The van der Waals surface area contributed by atoms with Gasteiger partial charge in [0.05, 0.1) is 0 Å². The molecule has 0 bridgehead atoms. The molecule has 0 atom stereocenters. The van der Waals surface area contributed by atoms with Crippen LogP contribution in [0.25, 0.3) is 0 Å². The van der Waals surface area contributed by atoms with Crippen molar-refractivity contribution in [3.63, 3.8) is 0 Å². The van der Waals surface area contributed by atoms with E-state index in [1.165, 1.54) is 6.92 Å². The summed E-state index contributed by atoms with van der Waals surface area (Å²) in [5.41, 5.74) is 5.36. The maximum atomic E-state index is 10.4. The van der Waals surface area contributed by atoms with Gasteiger partial charge in [0.1, 0.15) is 10.3 Å². The zero-order chi connectivity index (χ0) is 8.43. The van der Waals surface area contributed by atoms with Gasteiger partial charge in [-0.3, -0.25) is 9.89 Å². The summed E-state index contributed by atoms with van der Waals surface area (Å²) in [5.74, 6) is 0.0634. The lowest BCUT2D eigenvalue weighted by molar-refractivity contribution is -0.132. The number of anilines is 1. The van der Waals surface area contributed by atoms with Crippen molar-refractivity contribution in [1.29, 1.82) is 0 Å². The molecule has 1 heterocycles. The van der Waals surface area contributed by atoms with Crippen LogP contribution >= 0.6 is 15.9 Å². The number of hydrogen-bond acceptors (Lipinski definition) is 4. The maximum Gasteiger partial charge on any atom is 0.309 e. The second kappa shape index (κ2) is 2.91. The fourth-order valence-corrected chi connectivity index (χ4v) is 0.786. The second-order valence-corrected chi connectivity index (χ2v) is 2.64. The first-order chi connectivity index (χ1) is 5.11. The Kier molecular flexibility index (Phi) is 2.13. The third-order valence-electron chi connectivity index (χ3n) is 0.943. The van der Waals surface area contributed by atoms with Gasteiger partial charge in [-0.15, -0.1) is 5.10 Å². The van der Waals surface area contributed by atoms with Crippen LogP contribution in [-0.4, -0.2) is 16.2 Å². The average Bonchev–Trinajstić information content (AvgIpc) is 2.18. The van der Waals surface area contributed by atoms with E-state index in [1.807, 2.05) is 0 Å². The number of ether oxygens (including phenoxy) is 1. The Hall–Kier alpha value is -1.04. The van der Waals surface area contributed by atoms with E-state index in [0.717, 1.165) is 0 Å². The van der Waals surface area contributed by atoms with E-state index in [2.05, 4.69) is 30.9 Å². The molecule has 1 rings (SSSR count). The highest BCUT2D eigenvalue weighted by Gasteiger charge is 2.10. The highest BCUT2D eigenvalue weighted by Crippen LogP contribution is 2.27. The van der Waals surface area contributed by atoms with E-state index in [0.29, 0.717) is 10.3 Å². The summed E-state index contributed by atoms with van der Waals surface area (Å²) in [6.45, 7) is 1.29. The quantitative estimate of drug-likeness (QED) is 0.681. The SMILES string of the molecule is CC(=O)Oc1n[nH]c(N)c1Br. The Bertz CT molecular complexity index is 283. The zero-order valence-corrected chi connectivity index (χ0v) is 7.31. The molecule has 11 heavy (non-hydrogen) atoms. The van der Waals surface area contributed by atoms with Crippen molar-refractivity contribution in [3.05, 3.63) is 4.47 Å². The minimum atomic E-state index is -0.433. The number of aromatic nitrogens is 2. The molecule has 0 aromatic carbocycles. The molecule has 60 valence electrons. The number of aromatic amines is 1. The van der Waals surface area contributed by atoms with Crippen LogP contribution in [0.3, 0.4) is 0 Å². The molecule has 0 radical (unpaired) electrons. The van der Waals surface area contributed by atoms with Crippen molar-refractivity contribution in [1.82, 2.24) is 10.2 Å². The van der Waals surface area contributed by atoms with Gasteiger partial charge in [-0.05, 0) is 15.9 Å². The number of nitrogens with one attached hydrogen (secondary N) is 1. The predicted octanol–water partition coefficient (Wildman–Crippen LogP) is 0.680. The monoisotopic (exact) mass is 219 g/mol. The molecule has 0 spiro atoms. The number of H-pyrrole nitrogens is 1. The summed E-state index contributed by atoms with van der Waals surface area (Å²) >= 11 is 3.08. The van der Waals surface area contributed by atoms with Crippen LogP contribution in [0.1, 0.15) is 6.92 Å². The van der Waals surface area contributed by atoms with Crippen LogP contribution in [0.2, 0.25) is 0 Å². The van der Waals surface area contributed by atoms with Crippen LogP contribution < -0.4 is 10.5 Å². The number of halogens is 1. The van der Waals surface area contributed by atoms with Gasteiger partial charge in [0.15, 0.2) is 0 Å². The average molecular weight is 220 g/mol. The minimum absolute atomic E-state index is 0.162. The van der Waals surface area contributed by atoms with Gasteiger partial charge in [-0.2, -0.15) is 0 Å². The van der Waals surface area contributed by atoms with E-state index in [4.69, 9.17) is 5.73 Å². The minimum Gasteiger partial charge on any atom is -0.405 e. The Morgan fingerprint density at radius 2 is 2.45 bits per heavy atom. The Morgan fingerprint density at radius 1 is 1.82 bits per heavy atom. The Labute approximate surface area is 71.0 Å². The van der Waals surface area contributed by atoms with Crippen molar-refractivity contribution >= 4 is 27.7 Å². The summed E-state index contributed by atoms with van der Waals surface area (Å²) in [7, 11) is 0. The van der Waals surface area contributed by atoms with Crippen LogP contribution in [-0.2, 0) is 4.79 Å². The summed E-state index contributed by atoms with van der Waals surface area (Å²) in [6, 6.07) is 0. The van der Waals surface area contributed by atoms with Crippen LogP contribution in [0.5, 0.6) is 5.88 Å². The van der Waals surface area contributed by atoms with Crippen molar-refractivity contribution in [2.75, 3.05) is 5.73 Å². The van der Waals surface area contributed by atoms with E-state index >= 15 is 0 Å². The van der Waals surface area contributed by atoms with Crippen LogP contribution in [0.15, 0.2) is 4.47 Å². The van der Waals surface area contributed by atoms with E-state index in [-0.39, 0.29) is 5.88 Å². The van der Waals surface area contributed by atoms with E-state index in [1.54, 1.807) is 0 Å². The van der Waals surface area contributed by atoms with Crippen molar-refractivity contribution < 1.29 is 9.53 Å². The molecule has 0 aliphatic heterocycles. The smallest absolute Gasteiger partial charge is 0.309 e. The molecule has 3 N–H and O–H groups in total. The molecular weight excluding hydrogens is 214 g/mol. The van der Waals surface area contributed by atoms with E-state index < -0.39 is 5.97 Å². The number of nitrogens with zero attached hydrogens (tertiary/aromatic N) is 1. The lowest BCUT2D eigenvalue weighted by Gasteiger charge is -1.93. The van der Waals surface area contributed by atoms with Crippen LogP contribution in [0, 0.1) is 0 Å². The molecular formula is C5H6BrN3O2. The normalized spacial score (nSPS) is 9.64. The molecule has 0 unspecified atom stereocenters. The number of carbonyl (C=O) groups is 1. The predicted molar refractivity (Wildman–Crippen MR) is 42.0 cm³/mol. The van der Waals surface area contributed by atoms with Gasteiger partial charge in [0.2, 0.25) is 0 Å². The first kappa shape index (κ1) is 8.06. The first-order valence-corrected chi connectivity index (χ1v) is 3.58. The number of hydrogen-bond donors (Lipinski definition) is 2. The standard InChI is InChI=1S/C5H6BrN3O2/c1-2(10)11-5-3(6)4(7)8-9-5/h1H3,(H3,7,8,9). The lowest BCUT2D eigenvalue weighted by Crippen LogP contribution is -2.01. The molecule has 0 fully saturated rings. The molecule has 1 aromatic heterocycles. The van der Waals surface area contributed by atoms with E-state index in [9.17, 15) is 4.79 Å². The summed E-state index contributed by atoms with van der Waals surface area (Å²) < 4.78 is 5.12. The van der Waals surface area contributed by atoms with Gasteiger partial charge >= 0.3 is 5.97 Å². The fraction of sp³-hybridized carbons (Fsp3) is 0.200. The Balaban J connectivity index is 2.87. The lowest BCUT2D eigenvalue weighted by atomic mass is 10.6. The molecule has 1 aromatic rings. The molecule has 0 saturated carbocycles. The number of nitrogen functional groups attached to an aromatic ring is 1. The number of nitrogens with two attached hydrogens (primary N) is 1. The number of rotatable bonds is 1. The first-order valence-electron chi connectivity index (χ1n) is 2.79. The van der Waals surface area contributed by atoms with Crippen molar-refractivity contribution in [2.45, 2.75) is 6.92 Å². The molecule has 5 nitrogen and oxygen atoms in total. The summed E-state index contributed by atoms with van der Waals surface area (Å²) in [4.78, 5) is 10.4. The highest BCUT2D eigenvalue weighted by molar-refractivity contribution is 9.10. The second-order valence-electron chi connectivity index (χ2n) is 1.85. The van der Waals surface area contributed by atoms with Gasteiger partial charge in [0.25, 0.3) is 5.88 Å². The van der Waals surface area contributed by atoms with Gasteiger partial charge in [-0.1, -0.05) is 0 Å². The highest BCUT2D eigenvalue weighted by atomic mass is 79.9. The largest absolute Gasteiger partial charge is 0.405 e. The van der Waals surface area contributed by atoms with Gasteiger partial charge < -0.3 is 10.5 Å². The summed E-state index contributed by atoms with van der Waals surface area (Å²) in [5, 5.41) is 6.06.